The fraction of sp³-hybridized carbons (Fsp3) is 0.375. The predicted octanol–water partition coefficient (Wildman–Crippen LogP) is 3.80. The summed E-state index contributed by atoms with van der Waals surface area (Å²) in [5.41, 5.74) is 6.32. The molecular weight excluding hydrogens is 422 g/mol. The fourth-order valence-electron chi connectivity index (χ4n) is 3.70. The summed E-state index contributed by atoms with van der Waals surface area (Å²) in [5.74, 6) is -0.192. The van der Waals surface area contributed by atoms with E-state index in [1.54, 1.807) is 6.08 Å². The van der Waals surface area contributed by atoms with Crippen LogP contribution in [0.2, 0.25) is 0 Å². The average Bonchev–Trinajstić information content (AvgIpc) is 3.32. The molecule has 1 aliphatic rings. The topological polar surface area (TPSA) is 72.3 Å². The summed E-state index contributed by atoms with van der Waals surface area (Å²) in [4.78, 5) is 19.3. The molecule has 3 aromatic rings. The monoisotopic (exact) mass is 451 g/mol. The number of carbonyl (C=O) groups is 1. The van der Waals surface area contributed by atoms with Crippen LogP contribution in [0, 0.1) is 20.8 Å². The minimum absolute atomic E-state index is 0.192. The number of nitrogens with one attached hydrogen (secondary N) is 1. The first kappa shape index (κ1) is 22.4. The van der Waals surface area contributed by atoms with E-state index in [2.05, 4.69) is 51.5 Å². The normalized spacial score (nSPS) is 14.8. The highest BCUT2D eigenvalue weighted by molar-refractivity contribution is 7.13. The summed E-state index contributed by atoms with van der Waals surface area (Å²) >= 11 is 1.45. The number of hydrogen-bond acceptors (Lipinski definition) is 6. The van der Waals surface area contributed by atoms with Crippen molar-refractivity contribution in [3.8, 4) is 0 Å². The molecule has 0 aliphatic carbocycles. The number of morpholine rings is 1. The molecule has 168 valence electrons. The molecule has 32 heavy (non-hydrogen) atoms. The molecule has 4 rings (SSSR count). The zero-order chi connectivity index (χ0) is 22.5. The SMILES string of the molecule is Cc1ccc(Cn2nc(C)c(C=CC(=O)Nc3nc(CN4CCOCC4)cs3)c2C)cc1. The van der Waals surface area contributed by atoms with Crippen molar-refractivity contribution >= 4 is 28.5 Å². The first-order valence-electron chi connectivity index (χ1n) is 10.8. The largest absolute Gasteiger partial charge is 0.379 e. The van der Waals surface area contributed by atoms with Crippen LogP contribution >= 0.6 is 11.3 Å². The van der Waals surface area contributed by atoms with Gasteiger partial charge in [0, 0.05) is 42.3 Å². The number of thiazole rings is 1. The summed E-state index contributed by atoms with van der Waals surface area (Å²) < 4.78 is 7.36. The quantitative estimate of drug-likeness (QED) is 0.553. The highest BCUT2D eigenvalue weighted by atomic mass is 32.1. The van der Waals surface area contributed by atoms with Crippen LogP contribution in [0.25, 0.3) is 6.08 Å². The van der Waals surface area contributed by atoms with Gasteiger partial charge in [0.2, 0.25) is 5.91 Å². The number of hydrogen-bond donors (Lipinski definition) is 1. The van der Waals surface area contributed by atoms with Crippen LogP contribution in [-0.2, 0) is 22.6 Å². The van der Waals surface area contributed by atoms with Gasteiger partial charge in [0.1, 0.15) is 0 Å². The van der Waals surface area contributed by atoms with Gasteiger partial charge < -0.3 is 4.74 Å². The third-order valence-corrected chi connectivity index (χ3v) is 6.37. The smallest absolute Gasteiger partial charge is 0.250 e. The molecule has 1 saturated heterocycles. The maximum atomic E-state index is 12.5. The molecule has 1 amide bonds. The molecular formula is C24H29N5O2S. The number of nitrogens with zero attached hydrogens (tertiary/aromatic N) is 4. The van der Waals surface area contributed by atoms with Crippen LogP contribution in [0.1, 0.15) is 33.8 Å². The van der Waals surface area contributed by atoms with Crippen molar-refractivity contribution in [2.45, 2.75) is 33.9 Å². The van der Waals surface area contributed by atoms with E-state index < -0.39 is 0 Å². The van der Waals surface area contributed by atoms with Crippen molar-refractivity contribution in [1.29, 1.82) is 0 Å². The second-order valence-electron chi connectivity index (χ2n) is 8.08. The molecule has 7 nitrogen and oxygen atoms in total. The van der Waals surface area contributed by atoms with Crippen molar-refractivity contribution in [2.24, 2.45) is 0 Å². The molecule has 1 aromatic carbocycles. The Morgan fingerprint density at radius 3 is 2.66 bits per heavy atom. The summed E-state index contributed by atoms with van der Waals surface area (Å²) in [5, 5.41) is 10.1. The number of anilines is 1. The Morgan fingerprint density at radius 1 is 1.16 bits per heavy atom. The van der Waals surface area contributed by atoms with Gasteiger partial charge in [-0.1, -0.05) is 29.8 Å². The number of aryl methyl sites for hydroxylation is 2. The molecule has 0 saturated carbocycles. The van der Waals surface area contributed by atoms with Gasteiger partial charge in [0.15, 0.2) is 5.13 Å². The lowest BCUT2D eigenvalue weighted by molar-refractivity contribution is -0.111. The minimum Gasteiger partial charge on any atom is -0.379 e. The van der Waals surface area contributed by atoms with E-state index in [0.29, 0.717) is 11.7 Å². The third kappa shape index (κ3) is 5.70. The van der Waals surface area contributed by atoms with Crippen molar-refractivity contribution in [2.75, 3.05) is 31.6 Å². The molecule has 0 bridgehead atoms. The van der Waals surface area contributed by atoms with Gasteiger partial charge in [-0.15, -0.1) is 11.3 Å². The predicted molar refractivity (Wildman–Crippen MR) is 128 cm³/mol. The highest BCUT2D eigenvalue weighted by Gasteiger charge is 2.14. The minimum atomic E-state index is -0.192. The molecule has 8 heteroatoms. The summed E-state index contributed by atoms with van der Waals surface area (Å²) in [7, 11) is 0. The average molecular weight is 452 g/mol. The maximum absolute atomic E-state index is 12.5. The molecule has 1 N–H and O–H groups in total. The van der Waals surface area contributed by atoms with Gasteiger partial charge in [-0.2, -0.15) is 5.10 Å². The van der Waals surface area contributed by atoms with Crippen molar-refractivity contribution in [3.05, 3.63) is 69.5 Å². The number of aromatic nitrogens is 3. The zero-order valence-electron chi connectivity index (χ0n) is 18.8. The lowest BCUT2D eigenvalue weighted by Crippen LogP contribution is -2.35. The Balaban J connectivity index is 1.36. The van der Waals surface area contributed by atoms with Crippen LogP contribution in [0.3, 0.4) is 0 Å². The lowest BCUT2D eigenvalue weighted by atomic mass is 10.1. The summed E-state index contributed by atoms with van der Waals surface area (Å²) in [6.45, 7) is 10.9. The van der Waals surface area contributed by atoms with Gasteiger partial charge >= 0.3 is 0 Å². The van der Waals surface area contributed by atoms with E-state index in [-0.39, 0.29) is 5.91 Å². The Morgan fingerprint density at radius 2 is 1.91 bits per heavy atom. The van der Waals surface area contributed by atoms with Crippen LogP contribution in [0.15, 0.2) is 35.7 Å². The van der Waals surface area contributed by atoms with Crippen LogP contribution in [-0.4, -0.2) is 51.9 Å². The number of amides is 1. The lowest BCUT2D eigenvalue weighted by Gasteiger charge is -2.25. The van der Waals surface area contributed by atoms with E-state index in [0.717, 1.165) is 55.5 Å². The van der Waals surface area contributed by atoms with Gasteiger partial charge in [0.05, 0.1) is 31.1 Å². The first-order valence-corrected chi connectivity index (χ1v) is 11.7. The second kappa shape index (κ2) is 10.2. The number of benzene rings is 1. The standard InChI is InChI=1S/C24H29N5O2S/c1-17-4-6-20(7-5-17)14-29-19(3)22(18(2)27-29)8-9-23(30)26-24-25-21(16-32-24)15-28-10-12-31-13-11-28/h4-9,16H,10-15H2,1-3H3,(H,25,26,30). The van der Waals surface area contributed by atoms with Gasteiger partial charge in [-0.05, 0) is 32.4 Å². The first-order chi connectivity index (χ1) is 15.5. The maximum Gasteiger partial charge on any atom is 0.250 e. The Kier molecular flexibility index (Phi) is 7.14. The number of ether oxygens (including phenoxy) is 1. The van der Waals surface area contributed by atoms with Crippen LogP contribution in [0.5, 0.6) is 0 Å². The van der Waals surface area contributed by atoms with Crippen molar-refractivity contribution < 1.29 is 9.53 Å². The molecule has 0 unspecified atom stereocenters. The molecule has 3 heterocycles. The van der Waals surface area contributed by atoms with Crippen molar-refractivity contribution in [3.63, 3.8) is 0 Å². The van der Waals surface area contributed by atoms with E-state index in [4.69, 9.17) is 4.74 Å². The molecule has 2 aromatic heterocycles. The van der Waals surface area contributed by atoms with Crippen LogP contribution < -0.4 is 5.32 Å². The Labute approximate surface area is 192 Å². The number of carbonyl (C=O) groups excluding carboxylic acids is 1. The Hall–Kier alpha value is -2.81. The van der Waals surface area contributed by atoms with Crippen LogP contribution in [0.4, 0.5) is 5.13 Å². The molecule has 1 fully saturated rings. The van der Waals surface area contributed by atoms with Gasteiger partial charge in [-0.3, -0.25) is 19.7 Å². The van der Waals surface area contributed by atoms with E-state index in [1.807, 2.05) is 30.0 Å². The fourth-order valence-corrected chi connectivity index (χ4v) is 4.41. The number of rotatable bonds is 7. The highest BCUT2D eigenvalue weighted by Crippen LogP contribution is 2.19. The van der Waals surface area contributed by atoms with E-state index in [9.17, 15) is 4.79 Å². The van der Waals surface area contributed by atoms with E-state index in [1.165, 1.54) is 22.5 Å². The molecule has 0 spiro atoms. The molecule has 0 radical (unpaired) electrons. The van der Waals surface area contributed by atoms with Crippen molar-refractivity contribution in [1.82, 2.24) is 19.7 Å². The van der Waals surface area contributed by atoms with Gasteiger partial charge in [0.25, 0.3) is 0 Å². The summed E-state index contributed by atoms with van der Waals surface area (Å²) in [6.07, 6.45) is 3.39. The molecule has 0 atom stereocenters. The third-order valence-electron chi connectivity index (χ3n) is 5.56. The van der Waals surface area contributed by atoms with E-state index >= 15 is 0 Å². The zero-order valence-corrected chi connectivity index (χ0v) is 19.6. The van der Waals surface area contributed by atoms with Gasteiger partial charge in [-0.25, -0.2) is 4.98 Å². The second-order valence-corrected chi connectivity index (χ2v) is 8.94. The summed E-state index contributed by atoms with van der Waals surface area (Å²) in [6, 6.07) is 8.46. The Bertz CT molecular complexity index is 1090. The molecule has 1 aliphatic heterocycles.